The smallest absolute Gasteiger partial charge is 0.116 e. The maximum atomic E-state index is 4.84. The van der Waals surface area contributed by atoms with Gasteiger partial charge in [0.2, 0.25) is 0 Å². The highest BCUT2D eigenvalue weighted by Crippen LogP contribution is 2.20. The van der Waals surface area contributed by atoms with Gasteiger partial charge in [-0.3, -0.25) is 0 Å². The van der Waals surface area contributed by atoms with Crippen LogP contribution in [0.1, 0.15) is 57.6 Å². The van der Waals surface area contributed by atoms with Crippen LogP contribution in [0.3, 0.4) is 0 Å². The van der Waals surface area contributed by atoms with Crippen LogP contribution in [-0.2, 0) is 13.0 Å². The van der Waals surface area contributed by atoms with E-state index in [2.05, 4.69) is 62.7 Å². The Balaban J connectivity index is 2.47. The van der Waals surface area contributed by atoms with E-state index in [1.807, 2.05) is 0 Å². The molecule has 0 bridgehead atoms. The number of aromatic nitrogens is 2. The van der Waals surface area contributed by atoms with Gasteiger partial charge in [0, 0.05) is 24.7 Å². The van der Waals surface area contributed by atoms with Gasteiger partial charge in [0.25, 0.3) is 0 Å². The third kappa shape index (κ3) is 2.98. The molecule has 0 atom stereocenters. The van der Waals surface area contributed by atoms with E-state index in [1.165, 1.54) is 11.1 Å². The Kier molecular flexibility index (Phi) is 4.25. The van der Waals surface area contributed by atoms with E-state index in [0.29, 0.717) is 12.0 Å². The van der Waals surface area contributed by atoms with Gasteiger partial charge in [0.05, 0.1) is 11.2 Å². The number of fused-ring (bicyclic) bond motifs is 1. The quantitative estimate of drug-likeness (QED) is 0.890. The molecule has 0 aliphatic rings. The van der Waals surface area contributed by atoms with Crippen molar-refractivity contribution >= 4 is 5.52 Å². The Bertz CT molecular complexity index is 552. The highest BCUT2D eigenvalue weighted by molar-refractivity contribution is 5.54. The average Bonchev–Trinajstić information content (AvgIpc) is 2.74. The Morgan fingerprint density at radius 1 is 1.21 bits per heavy atom. The molecule has 0 amide bonds. The van der Waals surface area contributed by atoms with Crippen LogP contribution in [0.2, 0.25) is 0 Å². The van der Waals surface area contributed by atoms with Crippen molar-refractivity contribution in [2.45, 2.75) is 59.5 Å². The molecule has 0 saturated heterocycles. The fraction of sp³-hybridized carbons (Fsp3) is 0.562. The molecular weight excluding hydrogens is 234 g/mol. The second kappa shape index (κ2) is 5.74. The van der Waals surface area contributed by atoms with E-state index in [4.69, 9.17) is 4.98 Å². The molecule has 0 spiro atoms. The molecule has 0 unspecified atom stereocenters. The summed E-state index contributed by atoms with van der Waals surface area (Å²) in [6.45, 7) is 11.8. The molecule has 0 saturated carbocycles. The molecule has 0 aromatic carbocycles. The van der Waals surface area contributed by atoms with Gasteiger partial charge in [-0.05, 0) is 18.1 Å². The molecule has 104 valence electrons. The van der Waals surface area contributed by atoms with Crippen LogP contribution in [0.25, 0.3) is 5.52 Å². The largest absolute Gasteiger partial charge is 0.309 e. The van der Waals surface area contributed by atoms with Gasteiger partial charge in [-0.25, -0.2) is 4.98 Å². The van der Waals surface area contributed by atoms with Crippen molar-refractivity contribution in [1.82, 2.24) is 14.7 Å². The molecule has 2 heterocycles. The molecule has 3 heteroatoms. The van der Waals surface area contributed by atoms with Gasteiger partial charge in [0.15, 0.2) is 0 Å². The van der Waals surface area contributed by atoms with Crippen LogP contribution >= 0.6 is 0 Å². The lowest BCUT2D eigenvalue weighted by atomic mass is 10.2. The summed E-state index contributed by atoms with van der Waals surface area (Å²) in [4.78, 5) is 4.84. The third-order valence-electron chi connectivity index (χ3n) is 3.40. The number of hydrogen-bond acceptors (Lipinski definition) is 2. The van der Waals surface area contributed by atoms with Crippen LogP contribution in [0, 0.1) is 0 Å². The van der Waals surface area contributed by atoms with Crippen LogP contribution in [0.15, 0.2) is 18.3 Å². The summed E-state index contributed by atoms with van der Waals surface area (Å²) in [5.74, 6) is 1.60. The Hall–Kier alpha value is -1.35. The predicted molar refractivity (Wildman–Crippen MR) is 80.6 cm³/mol. The van der Waals surface area contributed by atoms with E-state index >= 15 is 0 Å². The van der Waals surface area contributed by atoms with Crippen molar-refractivity contribution in [3.05, 3.63) is 35.4 Å². The number of rotatable bonds is 5. The van der Waals surface area contributed by atoms with E-state index < -0.39 is 0 Å². The minimum atomic E-state index is 0.437. The topological polar surface area (TPSA) is 29.3 Å². The molecule has 0 fully saturated rings. The molecule has 2 rings (SSSR count). The molecular formula is C16H25N3. The highest BCUT2D eigenvalue weighted by atomic mass is 15.0. The number of nitrogens with zero attached hydrogens (tertiary/aromatic N) is 2. The Labute approximate surface area is 116 Å². The summed E-state index contributed by atoms with van der Waals surface area (Å²) in [5, 5.41) is 3.46. The maximum Gasteiger partial charge on any atom is 0.116 e. The summed E-state index contributed by atoms with van der Waals surface area (Å²) < 4.78 is 2.26. The predicted octanol–water partition coefficient (Wildman–Crippen LogP) is 3.52. The standard InChI is InChI=1S/C16H25N3/c1-6-13-7-8-15-14(9-17-12(4)5)18-16(11(2)3)19(15)10-13/h7-8,10-12,17H,6,9H2,1-5H3. The van der Waals surface area contributed by atoms with E-state index in [9.17, 15) is 0 Å². The summed E-state index contributed by atoms with van der Waals surface area (Å²) in [7, 11) is 0. The molecule has 3 nitrogen and oxygen atoms in total. The van der Waals surface area contributed by atoms with Gasteiger partial charge in [-0.2, -0.15) is 0 Å². The molecule has 19 heavy (non-hydrogen) atoms. The fourth-order valence-corrected chi connectivity index (χ4v) is 2.27. The monoisotopic (exact) mass is 259 g/mol. The summed E-state index contributed by atoms with van der Waals surface area (Å²) in [5.41, 5.74) is 3.74. The number of pyridine rings is 1. The van der Waals surface area contributed by atoms with Crippen LogP contribution in [-0.4, -0.2) is 15.4 Å². The SMILES string of the molecule is CCc1ccc2c(CNC(C)C)nc(C(C)C)n2c1. The van der Waals surface area contributed by atoms with E-state index in [1.54, 1.807) is 0 Å². The molecule has 2 aromatic heterocycles. The lowest BCUT2D eigenvalue weighted by molar-refractivity contribution is 0.583. The molecule has 0 aliphatic carbocycles. The van der Waals surface area contributed by atoms with Gasteiger partial charge in [0.1, 0.15) is 5.82 Å². The van der Waals surface area contributed by atoms with Crippen molar-refractivity contribution in [3.63, 3.8) is 0 Å². The van der Waals surface area contributed by atoms with Gasteiger partial charge >= 0.3 is 0 Å². The van der Waals surface area contributed by atoms with Crippen molar-refractivity contribution in [3.8, 4) is 0 Å². The third-order valence-corrected chi connectivity index (χ3v) is 3.40. The van der Waals surface area contributed by atoms with Crippen LogP contribution in [0.5, 0.6) is 0 Å². The lowest BCUT2D eigenvalue weighted by Gasteiger charge is -2.06. The number of nitrogens with one attached hydrogen (secondary N) is 1. The average molecular weight is 259 g/mol. The van der Waals surface area contributed by atoms with Crippen LogP contribution in [0.4, 0.5) is 0 Å². The summed E-state index contributed by atoms with van der Waals surface area (Å²) in [6, 6.07) is 4.89. The first kappa shape index (κ1) is 14.1. The van der Waals surface area contributed by atoms with Crippen molar-refractivity contribution in [1.29, 1.82) is 0 Å². The van der Waals surface area contributed by atoms with Crippen molar-refractivity contribution in [2.24, 2.45) is 0 Å². The minimum Gasteiger partial charge on any atom is -0.309 e. The zero-order chi connectivity index (χ0) is 14.0. The Morgan fingerprint density at radius 3 is 2.53 bits per heavy atom. The van der Waals surface area contributed by atoms with Crippen LogP contribution < -0.4 is 5.32 Å². The van der Waals surface area contributed by atoms with Gasteiger partial charge in [-0.1, -0.05) is 40.7 Å². The fourth-order valence-electron chi connectivity index (χ4n) is 2.27. The molecule has 1 N–H and O–H groups in total. The second-order valence-corrected chi connectivity index (χ2v) is 5.75. The zero-order valence-electron chi connectivity index (χ0n) is 12.7. The molecule has 2 aromatic rings. The highest BCUT2D eigenvalue weighted by Gasteiger charge is 2.13. The minimum absolute atomic E-state index is 0.437. The first-order chi connectivity index (χ1) is 9.02. The first-order valence-corrected chi connectivity index (χ1v) is 7.26. The summed E-state index contributed by atoms with van der Waals surface area (Å²) >= 11 is 0. The normalized spacial score (nSPS) is 11.9. The van der Waals surface area contributed by atoms with Gasteiger partial charge < -0.3 is 9.72 Å². The maximum absolute atomic E-state index is 4.84. The number of aryl methyl sites for hydroxylation is 1. The van der Waals surface area contributed by atoms with Crippen molar-refractivity contribution < 1.29 is 0 Å². The van der Waals surface area contributed by atoms with Gasteiger partial charge in [-0.15, -0.1) is 0 Å². The number of hydrogen-bond donors (Lipinski definition) is 1. The lowest BCUT2D eigenvalue weighted by Crippen LogP contribution is -2.22. The molecule has 0 radical (unpaired) electrons. The van der Waals surface area contributed by atoms with E-state index in [-0.39, 0.29) is 0 Å². The first-order valence-electron chi connectivity index (χ1n) is 7.26. The second-order valence-electron chi connectivity index (χ2n) is 5.75. The van der Waals surface area contributed by atoms with Crippen molar-refractivity contribution in [2.75, 3.05) is 0 Å². The zero-order valence-corrected chi connectivity index (χ0v) is 12.7. The van der Waals surface area contributed by atoms with E-state index in [0.717, 1.165) is 24.5 Å². The Morgan fingerprint density at radius 2 is 1.95 bits per heavy atom. The summed E-state index contributed by atoms with van der Waals surface area (Å²) in [6.07, 6.45) is 3.29. The molecule has 0 aliphatic heterocycles. The number of imidazole rings is 1.